The number of aromatic nitrogens is 1. The van der Waals surface area contributed by atoms with Crippen molar-refractivity contribution in [3.8, 4) is 6.07 Å². The van der Waals surface area contributed by atoms with Crippen LogP contribution in [0.4, 0.5) is 8.78 Å². The van der Waals surface area contributed by atoms with E-state index in [1.807, 2.05) is 27.7 Å². The number of rotatable bonds is 2. The van der Waals surface area contributed by atoms with Gasteiger partial charge in [0.15, 0.2) is 0 Å². The molecule has 0 N–H and O–H groups in total. The molecule has 0 amide bonds. The molecular weight excluding hydrogens is 265 g/mol. The van der Waals surface area contributed by atoms with E-state index in [0.29, 0.717) is 0 Å². The van der Waals surface area contributed by atoms with E-state index >= 15 is 0 Å². The SMILES string of the molecule is CC1(C)OB(c2nccc(C(F)F)c2C#N)OC1(C)C. The van der Waals surface area contributed by atoms with Crippen molar-refractivity contribution in [2.45, 2.75) is 45.3 Å². The Hall–Kier alpha value is -1.52. The van der Waals surface area contributed by atoms with Gasteiger partial charge >= 0.3 is 7.12 Å². The third kappa shape index (κ3) is 2.30. The van der Waals surface area contributed by atoms with Crippen LogP contribution in [0.3, 0.4) is 0 Å². The molecule has 0 saturated carbocycles. The zero-order chi connectivity index (χ0) is 15.1. The minimum absolute atomic E-state index is 0.101. The van der Waals surface area contributed by atoms with Crippen LogP contribution in [-0.4, -0.2) is 23.3 Å². The lowest BCUT2D eigenvalue weighted by Gasteiger charge is -2.32. The van der Waals surface area contributed by atoms with Crippen LogP contribution in [0.25, 0.3) is 0 Å². The van der Waals surface area contributed by atoms with E-state index in [1.165, 1.54) is 6.20 Å². The fourth-order valence-electron chi connectivity index (χ4n) is 1.93. The summed E-state index contributed by atoms with van der Waals surface area (Å²) < 4.78 is 37.3. The number of hydrogen-bond donors (Lipinski definition) is 0. The number of pyridine rings is 1. The normalized spacial score (nSPS) is 20.2. The second-order valence-corrected chi connectivity index (χ2v) is 5.66. The average molecular weight is 280 g/mol. The topological polar surface area (TPSA) is 55.1 Å². The molecular formula is C13H15BF2N2O2. The van der Waals surface area contributed by atoms with Gasteiger partial charge in [0.2, 0.25) is 0 Å². The molecule has 1 aliphatic rings. The second-order valence-electron chi connectivity index (χ2n) is 5.66. The van der Waals surface area contributed by atoms with Crippen LogP contribution >= 0.6 is 0 Å². The molecule has 0 atom stereocenters. The number of nitrogens with zero attached hydrogens (tertiary/aromatic N) is 2. The van der Waals surface area contributed by atoms with Crippen LogP contribution in [0.1, 0.15) is 45.2 Å². The Labute approximate surface area is 116 Å². The van der Waals surface area contributed by atoms with Crippen molar-refractivity contribution in [1.29, 1.82) is 5.26 Å². The molecule has 0 spiro atoms. The highest BCUT2D eigenvalue weighted by Gasteiger charge is 2.53. The van der Waals surface area contributed by atoms with Crippen molar-refractivity contribution in [2.24, 2.45) is 0 Å². The van der Waals surface area contributed by atoms with Gasteiger partial charge in [-0.2, -0.15) is 5.26 Å². The van der Waals surface area contributed by atoms with Crippen LogP contribution in [0, 0.1) is 11.3 Å². The van der Waals surface area contributed by atoms with Crippen molar-refractivity contribution >= 4 is 12.7 Å². The Kier molecular flexibility index (Phi) is 3.57. The van der Waals surface area contributed by atoms with Gasteiger partial charge in [-0.1, -0.05) is 0 Å². The van der Waals surface area contributed by atoms with Crippen molar-refractivity contribution in [1.82, 2.24) is 4.98 Å². The Morgan fingerprint density at radius 1 is 1.25 bits per heavy atom. The predicted molar refractivity (Wildman–Crippen MR) is 69.6 cm³/mol. The molecule has 1 aliphatic heterocycles. The highest BCUT2D eigenvalue weighted by Crippen LogP contribution is 2.36. The Bertz CT molecular complexity index is 554. The molecule has 0 radical (unpaired) electrons. The maximum atomic E-state index is 12.9. The molecule has 7 heteroatoms. The molecule has 1 aromatic heterocycles. The quantitative estimate of drug-likeness (QED) is 0.779. The summed E-state index contributed by atoms with van der Waals surface area (Å²) in [5.41, 5.74) is -1.67. The van der Waals surface area contributed by atoms with Gasteiger partial charge in [-0.15, -0.1) is 0 Å². The third-order valence-corrected chi connectivity index (χ3v) is 3.84. The maximum Gasteiger partial charge on any atom is 0.515 e. The maximum absolute atomic E-state index is 12.9. The fourth-order valence-corrected chi connectivity index (χ4v) is 1.93. The van der Waals surface area contributed by atoms with Crippen molar-refractivity contribution in [2.75, 3.05) is 0 Å². The largest absolute Gasteiger partial charge is 0.515 e. The molecule has 1 fully saturated rings. The molecule has 106 valence electrons. The molecule has 0 aliphatic carbocycles. The molecule has 2 rings (SSSR count). The van der Waals surface area contributed by atoms with E-state index in [1.54, 1.807) is 6.07 Å². The fraction of sp³-hybridized carbons (Fsp3) is 0.538. The molecule has 1 saturated heterocycles. The first-order chi connectivity index (χ1) is 9.19. The van der Waals surface area contributed by atoms with Gasteiger partial charge in [0.25, 0.3) is 6.43 Å². The van der Waals surface area contributed by atoms with Crippen molar-refractivity contribution in [3.05, 3.63) is 23.4 Å². The van der Waals surface area contributed by atoms with Crippen LogP contribution in [-0.2, 0) is 9.31 Å². The number of nitriles is 1. The second kappa shape index (κ2) is 4.79. The summed E-state index contributed by atoms with van der Waals surface area (Å²) in [6.45, 7) is 7.37. The van der Waals surface area contributed by atoms with Gasteiger partial charge < -0.3 is 9.31 Å². The molecule has 20 heavy (non-hydrogen) atoms. The number of alkyl halides is 2. The highest BCUT2D eigenvalue weighted by atomic mass is 19.3. The zero-order valence-corrected chi connectivity index (χ0v) is 11.8. The zero-order valence-electron chi connectivity index (χ0n) is 11.8. The molecule has 0 bridgehead atoms. The smallest absolute Gasteiger partial charge is 0.398 e. The average Bonchev–Trinajstić information content (AvgIpc) is 2.57. The van der Waals surface area contributed by atoms with Crippen LogP contribution in [0.15, 0.2) is 12.3 Å². The Morgan fingerprint density at radius 2 is 1.80 bits per heavy atom. The minimum atomic E-state index is -2.74. The van der Waals surface area contributed by atoms with Crippen molar-refractivity contribution in [3.63, 3.8) is 0 Å². The van der Waals surface area contributed by atoms with Crippen LogP contribution in [0.2, 0.25) is 0 Å². The van der Waals surface area contributed by atoms with E-state index in [-0.39, 0.29) is 16.7 Å². The predicted octanol–water partition coefficient (Wildman–Crippen LogP) is 2.19. The van der Waals surface area contributed by atoms with E-state index in [0.717, 1.165) is 6.07 Å². The van der Waals surface area contributed by atoms with E-state index in [4.69, 9.17) is 14.6 Å². The van der Waals surface area contributed by atoms with Gasteiger partial charge in [-0.3, -0.25) is 4.98 Å². The summed E-state index contributed by atoms with van der Waals surface area (Å²) >= 11 is 0. The summed E-state index contributed by atoms with van der Waals surface area (Å²) in [5.74, 6) is 0. The number of hydrogen-bond acceptors (Lipinski definition) is 4. The Balaban J connectivity index is 2.46. The minimum Gasteiger partial charge on any atom is -0.398 e. The monoisotopic (exact) mass is 280 g/mol. The molecule has 1 aromatic rings. The molecule has 0 aromatic carbocycles. The first-order valence-electron chi connectivity index (χ1n) is 6.22. The van der Waals surface area contributed by atoms with Gasteiger partial charge in [-0.05, 0) is 33.8 Å². The van der Waals surface area contributed by atoms with Gasteiger partial charge in [0.1, 0.15) is 6.07 Å². The molecule has 2 heterocycles. The first kappa shape index (κ1) is 14.9. The summed E-state index contributed by atoms with van der Waals surface area (Å²) in [7, 11) is -0.923. The summed E-state index contributed by atoms with van der Waals surface area (Å²) in [4.78, 5) is 4.00. The summed E-state index contributed by atoms with van der Waals surface area (Å²) in [6, 6.07) is 2.91. The van der Waals surface area contributed by atoms with E-state index in [2.05, 4.69) is 4.98 Å². The lowest BCUT2D eigenvalue weighted by Crippen LogP contribution is -2.41. The van der Waals surface area contributed by atoms with E-state index in [9.17, 15) is 8.78 Å². The number of halogens is 2. The first-order valence-corrected chi connectivity index (χ1v) is 6.22. The summed E-state index contributed by atoms with van der Waals surface area (Å²) in [5, 5.41) is 9.13. The van der Waals surface area contributed by atoms with Crippen LogP contribution < -0.4 is 5.59 Å². The van der Waals surface area contributed by atoms with Crippen molar-refractivity contribution < 1.29 is 18.1 Å². The standard InChI is InChI=1S/C13H15BF2N2O2/c1-12(2)13(3,4)20-14(19-12)10-9(7-17)8(11(15)16)5-6-18-10/h5-6,11H,1-4H3. The van der Waals surface area contributed by atoms with Crippen LogP contribution in [0.5, 0.6) is 0 Å². The lowest BCUT2D eigenvalue weighted by molar-refractivity contribution is 0.00578. The third-order valence-electron chi connectivity index (χ3n) is 3.84. The molecule has 0 unspecified atom stereocenters. The lowest BCUT2D eigenvalue weighted by atomic mass is 9.80. The summed E-state index contributed by atoms with van der Waals surface area (Å²) in [6.07, 6.45) is -1.50. The molecule has 4 nitrogen and oxygen atoms in total. The van der Waals surface area contributed by atoms with Gasteiger partial charge in [0.05, 0.1) is 22.4 Å². The Morgan fingerprint density at radius 3 is 2.25 bits per heavy atom. The van der Waals surface area contributed by atoms with Gasteiger partial charge in [0, 0.05) is 11.8 Å². The van der Waals surface area contributed by atoms with Gasteiger partial charge in [-0.25, -0.2) is 8.78 Å². The van der Waals surface area contributed by atoms with E-state index < -0.39 is 24.7 Å². The highest BCUT2D eigenvalue weighted by molar-refractivity contribution is 6.61.